The van der Waals surface area contributed by atoms with Gasteiger partial charge in [0.1, 0.15) is 0 Å². The summed E-state index contributed by atoms with van der Waals surface area (Å²) in [6.07, 6.45) is 0.991. The molecule has 2 rings (SSSR count). The highest BCUT2D eigenvalue weighted by molar-refractivity contribution is 5.64. The van der Waals surface area contributed by atoms with E-state index >= 15 is 0 Å². The van der Waals surface area contributed by atoms with Crippen LogP contribution in [0, 0.1) is 0 Å². The van der Waals surface area contributed by atoms with Crippen LogP contribution in [0.5, 0.6) is 0 Å². The highest BCUT2D eigenvalue weighted by atomic mass is 35.5. The Bertz CT molecular complexity index is 329. The molecule has 1 aliphatic heterocycles. The summed E-state index contributed by atoms with van der Waals surface area (Å²) in [7, 11) is 0. The molecule has 1 aromatic carbocycles. The first-order chi connectivity index (χ1) is 6.84. The first-order valence-corrected chi connectivity index (χ1v) is 4.65. The standard InChI is InChI=1S/C10H13N3O.ClH/c11-10-12-13(8-14-10)7-6-9-4-2-1-3-5-9;/h1-5H,6-8H2,(H2,11,12);1H. The van der Waals surface area contributed by atoms with E-state index in [9.17, 15) is 0 Å². The maximum Gasteiger partial charge on any atom is 0.465 e. The molecule has 4 nitrogen and oxygen atoms in total. The average molecular weight is 228 g/mol. The Morgan fingerprint density at radius 3 is 2.67 bits per heavy atom. The number of ether oxygens (including phenoxy) is 1. The van der Waals surface area contributed by atoms with E-state index in [2.05, 4.69) is 17.2 Å². The summed E-state index contributed by atoms with van der Waals surface area (Å²) in [5, 5.41) is 4.88. The van der Waals surface area contributed by atoms with Crippen molar-refractivity contribution < 1.29 is 22.2 Å². The van der Waals surface area contributed by atoms with Crippen LogP contribution < -0.4 is 23.2 Å². The monoisotopic (exact) mass is 227 g/mol. The predicted octanol–water partition coefficient (Wildman–Crippen LogP) is -4.17. The minimum atomic E-state index is 0. The van der Waals surface area contributed by atoms with Crippen LogP contribution in [0.3, 0.4) is 0 Å². The van der Waals surface area contributed by atoms with Crippen LogP contribution >= 0.6 is 0 Å². The van der Waals surface area contributed by atoms with E-state index in [0.717, 1.165) is 13.0 Å². The number of halogens is 1. The van der Waals surface area contributed by atoms with Crippen molar-refractivity contribution in [2.24, 2.45) is 5.73 Å². The van der Waals surface area contributed by atoms with Gasteiger partial charge in [0.15, 0.2) is 6.73 Å². The molecule has 0 aromatic heterocycles. The second-order valence-corrected chi connectivity index (χ2v) is 3.25. The van der Waals surface area contributed by atoms with E-state index in [1.165, 1.54) is 5.56 Å². The highest BCUT2D eigenvalue weighted by Crippen LogP contribution is 1.99. The van der Waals surface area contributed by atoms with E-state index in [-0.39, 0.29) is 12.4 Å². The minimum Gasteiger partial charge on any atom is -1.00 e. The number of hydrogen-bond acceptors (Lipinski definition) is 3. The van der Waals surface area contributed by atoms with E-state index in [4.69, 9.17) is 10.5 Å². The third kappa shape index (κ3) is 3.32. The van der Waals surface area contributed by atoms with Gasteiger partial charge < -0.3 is 17.1 Å². The van der Waals surface area contributed by atoms with E-state index in [1.54, 1.807) is 0 Å². The number of nitrogens with two attached hydrogens (primary N) is 1. The Morgan fingerprint density at radius 1 is 1.33 bits per heavy atom. The predicted molar refractivity (Wildman–Crippen MR) is 53.0 cm³/mol. The molecule has 5 heteroatoms. The zero-order valence-electron chi connectivity index (χ0n) is 8.32. The Balaban J connectivity index is 0.00000112. The topological polar surface area (TPSA) is 52.5 Å². The van der Waals surface area contributed by atoms with Gasteiger partial charge in [0, 0.05) is 0 Å². The summed E-state index contributed by atoms with van der Waals surface area (Å²) in [5.41, 5.74) is 6.75. The maximum absolute atomic E-state index is 5.44. The fourth-order valence-electron chi connectivity index (χ4n) is 1.40. The fourth-order valence-corrected chi connectivity index (χ4v) is 1.40. The molecular formula is C10H14ClN3O. The lowest BCUT2D eigenvalue weighted by Gasteiger charge is -2.08. The first kappa shape index (κ1) is 11.7. The number of nitrogens with zero attached hydrogens (tertiary/aromatic N) is 1. The lowest BCUT2D eigenvalue weighted by atomic mass is 10.1. The normalized spacial score (nSPS) is 14.1. The molecule has 1 aliphatic rings. The van der Waals surface area contributed by atoms with Crippen molar-refractivity contribution in [1.82, 2.24) is 5.01 Å². The van der Waals surface area contributed by atoms with Gasteiger partial charge in [-0.2, -0.15) is 0 Å². The van der Waals surface area contributed by atoms with Crippen molar-refractivity contribution in [3.63, 3.8) is 0 Å². The van der Waals surface area contributed by atoms with Gasteiger partial charge in [-0.25, -0.2) is 5.01 Å². The van der Waals surface area contributed by atoms with Gasteiger partial charge in [-0.15, -0.1) is 5.10 Å². The first-order valence-electron chi connectivity index (χ1n) is 4.65. The molecule has 1 aromatic rings. The van der Waals surface area contributed by atoms with Crippen molar-refractivity contribution in [3.05, 3.63) is 35.9 Å². The van der Waals surface area contributed by atoms with Crippen LogP contribution in [-0.4, -0.2) is 24.3 Å². The van der Waals surface area contributed by atoms with E-state index in [1.807, 2.05) is 23.2 Å². The molecule has 0 radical (unpaired) electrons. The third-order valence-electron chi connectivity index (χ3n) is 2.16. The maximum atomic E-state index is 5.44. The van der Waals surface area contributed by atoms with Crippen molar-refractivity contribution in [2.75, 3.05) is 13.3 Å². The molecule has 82 valence electrons. The van der Waals surface area contributed by atoms with Crippen LogP contribution in [-0.2, 0) is 11.2 Å². The SMILES string of the molecule is NC1=[NH+]N(CCc2ccccc2)CO1.[Cl-]. The summed E-state index contributed by atoms with van der Waals surface area (Å²) in [5.74, 6) is 0. The molecule has 0 unspecified atom stereocenters. The Kier molecular flexibility index (Phi) is 4.24. The third-order valence-corrected chi connectivity index (χ3v) is 2.16. The molecule has 0 saturated heterocycles. The number of nitrogens with one attached hydrogen (secondary N) is 1. The smallest absolute Gasteiger partial charge is 0.465 e. The molecule has 0 spiro atoms. The number of benzene rings is 1. The minimum absolute atomic E-state index is 0. The van der Waals surface area contributed by atoms with Crippen LogP contribution in [0.2, 0.25) is 0 Å². The van der Waals surface area contributed by atoms with Gasteiger partial charge >= 0.3 is 6.02 Å². The lowest BCUT2D eigenvalue weighted by molar-refractivity contribution is -0.635. The van der Waals surface area contributed by atoms with Gasteiger partial charge in [0.2, 0.25) is 0 Å². The molecule has 0 fully saturated rings. The Labute approximate surface area is 95.1 Å². The van der Waals surface area contributed by atoms with Crippen LogP contribution in [0.4, 0.5) is 0 Å². The van der Waals surface area contributed by atoms with Crippen LogP contribution in [0.25, 0.3) is 0 Å². The van der Waals surface area contributed by atoms with Crippen molar-refractivity contribution in [2.45, 2.75) is 6.42 Å². The molecule has 0 aliphatic carbocycles. The van der Waals surface area contributed by atoms with Crippen LogP contribution in [0.15, 0.2) is 30.3 Å². The van der Waals surface area contributed by atoms with Gasteiger partial charge in [-0.05, 0) is 12.0 Å². The number of rotatable bonds is 3. The summed E-state index contributed by atoms with van der Waals surface area (Å²) in [6, 6.07) is 10.7. The van der Waals surface area contributed by atoms with Crippen LogP contribution in [0.1, 0.15) is 5.56 Å². The molecule has 15 heavy (non-hydrogen) atoms. The molecule has 0 saturated carbocycles. The molecule has 0 amide bonds. The van der Waals surface area contributed by atoms with Crippen molar-refractivity contribution in [3.8, 4) is 0 Å². The highest BCUT2D eigenvalue weighted by Gasteiger charge is 2.15. The van der Waals surface area contributed by atoms with E-state index in [0.29, 0.717) is 12.8 Å². The lowest BCUT2D eigenvalue weighted by Crippen LogP contribution is -3.00. The Morgan fingerprint density at radius 2 is 2.07 bits per heavy atom. The number of hydrazine groups is 1. The number of amidine groups is 1. The van der Waals surface area contributed by atoms with Gasteiger partial charge in [-0.3, -0.25) is 5.73 Å². The molecule has 3 N–H and O–H groups in total. The number of hydrazone groups is 1. The summed E-state index contributed by atoms with van der Waals surface area (Å²) >= 11 is 0. The summed E-state index contributed by atoms with van der Waals surface area (Å²) in [6.45, 7) is 1.42. The molecule has 0 bridgehead atoms. The molecule has 0 atom stereocenters. The van der Waals surface area contributed by atoms with Gasteiger partial charge in [-0.1, -0.05) is 30.3 Å². The average Bonchev–Trinajstić information content (AvgIpc) is 2.63. The summed E-state index contributed by atoms with van der Waals surface area (Å²) in [4.78, 5) is 0. The fraction of sp³-hybridized carbons (Fsp3) is 0.300. The molecular weight excluding hydrogens is 214 g/mol. The largest absolute Gasteiger partial charge is 1.00 e. The Hall–Kier alpha value is -1.42. The van der Waals surface area contributed by atoms with Crippen molar-refractivity contribution in [1.29, 1.82) is 0 Å². The molecule has 1 heterocycles. The second kappa shape index (κ2) is 5.46. The summed E-state index contributed by atoms with van der Waals surface area (Å²) < 4.78 is 5.06. The number of hydrogen-bond donors (Lipinski definition) is 2. The van der Waals surface area contributed by atoms with Gasteiger partial charge in [0.25, 0.3) is 0 Å². The second-order valence-electron chi connectivity index (χ2n) is 3.25. The van der Waals surface area contributed by atoms with Gasteiger partial charge in [0.05, 0.1) is 6.54 Å². The van der Waals surface area contributed by atoms with Crippen molar-refractivity contribution >= 4 is 6.02 Å². The quantitative estimate of drug-likeness (QED) is 0.551. The zero-order chi connectivity index (χ0) is 9.80. The van der Waals surface area contributed by atoms with E-state index < -0.39 is 0 Å². The zero-order valence-corrected chi connectivity index (χ0v) is 9.07.